The number of sulfonamides is 1. The quantitative estimate of drug-likeness (QED) is 0.274. The number of nitrogen functional groups attached to an aromatic ring is 1. The Morgan fingerprint density at radius 2 is 1.89 bits per heavy atom. The number of anilines is 1. The van der Waals surface area contributed by atoms with E-state index in [2.05, 4.69) is 25.5 Å². The van der Waals surface area contributed by atoms with Crippen molar-refractivity contribution in [1.82, 2.24) is 14.5 Å². The number of ether oxygens (including phenoxy) is 2. The number of fused-ring (bicyclic) bond motifs is 3. The average Bonchev–Trinajstić information content (AvgIpc) is 3.21. The van der Waals surface area contributed by atoms with Gasteiger partial charge in [-0.25, -0.2) is 23.5 Å². The number of benzene rings is 2. The number of halogens is 1. The van der Waals surface area contributed by atoms with Crippen LogP contribution in [-0.4, -0.2) is 41.9 Å². The minimum absolute atomic E-state index is 0.313. The Bertz CT molecular complexity index is 1470. The molecule has 2 aromatic heterocycles. The molecule has 0 radical (unpaired) electrons. The summed E-state index contributed by atoms with van der Waals surface area (Å²) in [5, 5.41) is 5.82. The molecule has 9 nitrogen and oxygen atoms in total. The third-order valence-corrected chi connectivity index (χ3v) is 8.00. The number of nitrogens with zero attached hydrogens (tertiary/aromatic N) is 3. The minimum atomic E-state index is -3.75. The Kier molecular flexibility index (Phi) is 8.13. The van der Waals surface area contributed by atoms with E-state index in [4.69, 9.17) is 25.3 Å². The average molecular weight is 577 g/mol. The second kappa shape index (κ2) is 11.1. The Labute approximate surface area is 219 Å². The first kappa shape index (κ1) is 26.3. The molecule has 0 aliphatic heterocycles. The van der Waals surface area contributed by atoms with E-state index in [1.165, 1.54) is 0 Å². The van der Waals surface area contributed by atoms with Crippen LogP contribution in [0.1, 0.15) is 31.2 Å². The Hall–Kier alpha value is -2.73. The van der Waals surface area contributed by atoms with Gasteiger partial charge in [0.25, 0.3) is 0 Å². The molecule has 11 heteroatoms. The third-order valence-electron chi connectivity index (χ3n) is 6.18. The van der Waals surface area contributed by atoms with E-state index in [-0.39, 0.29) is 0 Å². The number of methoxy groups -OCH3 is 1. The van der Waals surface area contributed by atoms with Gasteiger partial charge in [-0.05, 0) is 62.1 Å². The van der Waals surface area contributed by atoms with Crippen LogP contribution in [0.2, 0.25) is 0 Å². The van der Waals surface area contributed by atoms with E-state index in [1.54, 1.807) is 7.11 Å². The Balaban J connectivity index is 1.64. The number of hydrogen-bond acceptors (Lipinski definition) is 7. The fraction of sp³-hybridized carbons (Fsp3) is 0.360. The predicted octanol–water partition coefficient (Wildman–Crippen LogP) is 4.15. The van der Waals surface area contributed by atoms with Crippen LogP contribution in [-0.2, 0) is 34.3 Å². The molecule has 0 aliphatic carbocycles. The second-order valence-electron chi connectivity index (χ2n) is 8.58. The molecule has 4 rings (SSSR count). The maximum atomic E-state index is 12.4. The monoisotopic (exact) mass is 575 g/mol. The summed E-state index contributed by atoms with van der Waals surface area (Å²) < 4.78 is 38.6. The summed E-state index contributed by atoms with van der Waals surface area (Å²) in [6.07, 6.45) is 1.29. The zero-order chi connectivity index (χ0) is 25.9. The SMILES string of the molecule is CCOCc1nc2c(N)nc3cc(Br)ccc3c2n1CCCC(Cc1ccc(OC)cc1)S(N)(=O)=O. The lowest BCUT2D eigenvalue weighted by Crippen LogP contribution is -2.30. The summed E-state index contributed by atoms with van der Waals surface area (Å²) in [6, 6.07) is 13.2. The van der Waals surface area contributed by atoms with Gasteiger partial charge in [-0.2, -0.15) is 0 Å². The molecule has 0 amide bonds. The van der Waals surface area contributed by atoms with Crippen LogP contribution < -0.4 is 15.6 Å². The van der Waals surface area contributed by atoms with Crippen LogP contribution in [0.4, 0.5) is 5.82 Å². The van der Waals surface area contributed by atoms with Gasteiger partial charge in [0.05, 0.1) is 23.4 Å². The lowest BCUT2D eigenvalue weighted by Gasteiger charge is -2.16. The van der Waals surface area contributed by atoms with E-state index in [9.17, 15) is 8.42 Å². The lowest BCUT2D eigenvalue weighted by atomic mass is 10.1. The van der Waals surface area contributed by atoms with Crippen molar-refractivity contribution < 1.29 is 17.9 Å². The third kappa shape index (κ3) is 5.80. The van der Waals surface area contributed by atoms with Gasteiger partial charge in [0.15, 0.2) is 5.82 Å². The number of aryl methyl sites for hydroxylation is 1. The van der Waals surface area contributed by atoms with E-state index in [1.807, 2.05) is 49.4 Å². The van der Waals surface area contributed by atoms with Gasteiger partial charge in [-0.3, -0.25) is 0 Å². The van der Waals surface area contributed by atoms with Crippen molar-refractivity contribution in [2.24, 2.45) is 5.14 Å². The molecule has 0 aliphatic rings. The molecule has 0 spiro atoms. The summed E-state index contributed by atoms with van der Waals surface area (Å²) in [7, 11) is -2.16. The normalized spacial score (nSPS) is 12.9. The molecule has 4 N–H and O–H groups in total. The number of pyridine rings is 1. The topological polar surface area (TPSA) is 135 Å². The maximum Gasteiger partial charge on any atom is 0.212 e. The summed E-state index contributed by atoms with van der Waals surface area (Å²) in [5.41, 5.74) is 9.39. The summed E-state index contributed by atoms with van der Waals surface area (Å²) >= 11 is 3.49. The molecule has 2 aromatic carbocycles. The highest BCUT2D eigenvalue weighted by Crippen LogP contribution is 2.31. The molecule has 0 saturated heterocycles. The number of hydrogen-bond donors (Lipinski definition) is 2. The molecular weight excluding hydrogens is 546 g/mol. The molecule has 4 aromatic rings. The molecule has 1 atom stereocenters. The van der Waals surface area contributed by atoms with Gasteiger partial charge in [0.2, 0.25) is 10.0 Å². The highest BCUT2D eigenvalue weighted by molar-refractivity contribution is 9.10. The van der Waals surface area contributed by atoms with Gasteiger partial charge >= 0.3 is 0 Å². The zero-order valence-electron chi connectivity index (χ0n) is 20.3. The number of imidazole rings is 1. The second-order valence-corrected chi connectivity index (χ2v) is 11.3. The van der Waals surface area contributed by atoms with Crippen molar-refractivity contribution in [2.75, 3.05) is 19.5 Å². The fourth-order valence-electron chi connectivity index (χ4n) is 4.36. The van der Waals surface area contributed by atoms with Gasteiger partial charge in [-0.15, -0.1) is 0 Å². The van der Waals surface area contributed by atoms with Gasteiger partial charge in [0.1, 0.15) is 23.7 Å². The minimum Gasteiger partial charge on any atom is -0.497 e. The maximum absolute atomic E-state index is 12.4. The smallest absolute Gasteiger partial charge is 0.212 e. The first-order valence-electron chi connectivity index (χ1n) is 11.7. The first-order chi connectivity index (χ1) is 17.2. The Morgan fingerprint density at radius 3 is 2.56 bits per heavy atom. The summed E-state index contributed by atoms with van der Waals surface area (Å²) in [5.74, 6) is 1.78. The van der Waals surface area contributed by atoms with Crippen molar-refractivity contribution >= 4 is 53.7 Å². The van der Waals surface area contributed by atoms with Gasteiger partial charge in [-0.1, -0.05) is 28.1 Å². The number of nitrogens with two attached hydrogens (primary N) is 2. The zero-order valence-corrected chi connectivity index (χ0v) is 22.7. The summed E-state index contributed by atoms with van der Waals surface area (Å²) in [6.45, 7) is 3.31. The molecule has 192 valence electrons. The first-order valence-corrected chi connectivity index (χ1v) is 14.1. The van der Waals surface area contributed by atoms with Crippen molar-refractivity contribution in [1.29, 1.82) is 0 Å². The Morgan fingerprint density at radius 1 is 1.14 bits per heavy atom. The van der Waals surface area contributed by atoms with E-state index in [0.717, 1.165) is 32.3 Å². The molecular formula is C25H30BrN5O4S. The van der Waals surface area contributed by atoms with Crippen LogP contribution in [0, 0.1) is 0 Å². The van der Waals surface area contributed by atoms with Crippen LogP contribution in [0.25, 0.3) is 21.9 Å². The van der Waals surface area contributed by atoms with Crippen molar-refractivity contribution in [2.45, 2.75) is 44.6 Å². The standard InChI is InChI=1S/C25H30BrN5O4S/c1-3-35-15-22-30-23-24(20-11-8-17(26)14-21(20)29-25(23)27)31(22)12-4-5-19(36(28,32)33)13-16-6-9-18(34-2)10-7-16/h6-11,14,19H,3-5,12-13,15H2,1-2H3,(H2,27,29)(H2,28,32,33). The molecule has 0 fully saturated rings. The van der Waals surface area contributed by atoms with Crippen LogP contribution >= 0.6 is 15.9 Å². The number of aromatic nitrogens is 3. The lowest BCUT2D eigenvalue weighted by molar-refractivity contribution is 0.126. The van der Waals surface area contributed by atoms with Crippen molar-refractivity contribution in [3.63, 3.8) is 0 Å². The predicted molar refractivity (Wildman–Crippen MR) is 145 cm³/mol. The number of rotatable bonds is 11. The largest absolute Gasteiger partial charge is 0.497 e. The van der Waals surface area contributed by atoms with E-state index < -0.39 is 15.3 Å². The van der Waals surface area contributed by atoms with Gasteiger partial charge < -0.3 is 19.8 Å². The molecule has 2 heterocycles. The van der Waals surface area contributed by atoms with Crippen LogP contribution in [0.15, 0.2) is 46.9 Å². The van der Waals surface area contributed by atoms with Crippen molar-refractivity contribution in [3.8, 4) is 5.75 Å². The van der Waals surface area contributed by atoms with E-state index >= 15 is 0 Å². The fourth-order valence-corrected chi connectivity index (χ4v) is 5.63. The summed E-state index contributed by atoms with van der Waals surface area (Å²) in [4.78, 5) is 9.26. The van der Waals surface area contributed by atoms with Crippen LogP contribution in [0.3, 0.4) is 0 Å². The highest BCUT2D eigenvalue weighted by atomic mass is 79.9. The van der Waals surface area contributed by atoms with Crippen LogP contribution in [0.5, 0.6) is 5.75 Å². The molecule has 0 bridgehead atoms. The van der Waals surface area contributed by atoms with Crippen molar-refractivity contribution in [3.05, 3.63) is 58.3 Å². The van der Waals surface area contributed by atoms with E-state index in [0.29, 0.717) is 56.1 Å². The molecule has 1 unspecified atom stereocenters. The highest BCUT2D eigenvalue weighted by Gasteiger charge is 2.23. The number of primary sulfonamides is 1. The van der Waals surface area contributed by atoms with Gasteiger partial charge in [0, 0.05) is 23.0 Å². The molecule has 0 saturated carbocycles. The molecule has 36 heavy (non-hydrogen) atoms.